The molecule has 1 aliphatic heterocycles. The Hall–Kier alpha value is -1.31. The number of carbonyl (C=O) groups excluding carboxylic acids is 1. The molecule has 0 saturated carbocycles. The second kappa shape index (κ2) is 10.1. The van der Waals surface area contributed by atoms with Gasteiger partial charge in [-0.3, -0.25) is 4.79 Å². The Morgan fingerprint density at radius 1 is 1.23 bits per heavy atom. The lowest BCUT2D eigenvalue weighted by atomic mass is 9.89. The first-order valence-electron chi connectivity index (χ1n) is 9.95. The van der Waals surface area contributed by atoms with Gasteiger partial charge in [0.2, 0.25) is 0 Å². The van der Waals surface area contributed by atoms with Gasteiger partial charge in [0.15, 0.2) is 0 Å². The van der Waals surface area contributed by atoms with Crippen LogP contribution in [0.2, 0.25) is 0 Å². The highest BCUT2D eigenvalue weighted by Gasteiger charge is 2.44. The van der Waals surface area contributed by atoms with Crippen LogP contribution >= 0.6 is 0 Å². The van der Waals surface area contributed by atoms with E-state index in [2.05, 4.69) is 39.5 Å². The molecule has 148 valence electrons. The van der Waals surface area contributed by atoms with E-state index in [0.29, 0.717) is 36.9 Å². The monoisotopic (exact) mass is 364 g/mol. The van der Waals surface area contributed by atoms with Gasteiger partial charge < -0.3 is 14.6 Å². The first-order chi connectivity index (χ1) is 12.2. The van der Waals surface area contributed by atoms with E-state index in [-0.39, 0.29) is 0 Å². The molecule has 4 heteroatoms. The highest BCUT2D eigenvalue weighted by Crippen LogP contribution is 2.40. The molecule has 1 N–H and O–H groups in total. The number of carbonyl (C=O) groups is 1. The summed E-state index contributed by atoms with van der Waals surface area (Å²) in [4.78, 5) is 11.0. The van der Waals surface area contributed by atoms with Crippen molar-refractivity contribution < 1.29 is 19.4 Å². The maximum atomic E-state index is 11.0. The minimum atomic E-state index is -1.03. The zero-order valence-electron chi connectivity index (χ0n) is 17.3. The van der Waals surface area contributed by atoms with Gasteiger partial charge in [0.25, 0.3) is 6.29 Å². The molecule has 1 aliphatic rings. The predicted octanol–water partition coefficient (Wildman–Crippen LogP) is 4.61. The highest BCUT2D eigenvalue weighted by molar-refractivity contribution is 5.66. The molecule has 4 nitrogen and oxygen atoms in total. The molecule has 0 spiro atoms. The Morgan fingerprint density at radius 2 is 1.88 bits per heavy atom. The summed E-state index contributed by atoms with van der Waals surface area (Å²) in [5.74, 6) is 7.53. The summed E-state index contributed by atoms with van der Waals surface area (Å²) in [5, 5.41) is 10.7. The van der Waals surface area contributed by atoms with Gasteiger partial charge in [-0.2, -0.15) is 0 Å². The number of rotatable bonds is 9. The van der Waals surface area contributed by atoms with Gasteiger partial charge in [0.1, 0.15) is 23.2 Å². The first kappa shape index (κ1) is 22.7. The highest BCUT2D eigenvalue weighted by atomic mass is 16.7. The zero-order chi connectivity index (χ0) is 19.8. The van der Waals surface area contributed by atoms with Crippen LogP contribution in [0.5, 0.6) is 0 Å². The summed E-state index contributed by atoms with van der Waals surface area (Å²) in [5.41, 5.74) is -1.63. The summed E-state index contributed by atoms with van der Waals surface area (Å²) in [6.45, 7) is 12.6. The average Bonchev–Trinajstić information content (AvgIpc) is 2.95. The third kappa shape index (κ3) is 6.45. The third-order valence-electron chi connectivity index (χ3n) is 5.07. The molecule has 3 atom stereocenters. The van der Waals surface area contributed by atoms with Gasteiger partial charge in [0.05, 0.1) is 0 Å². The maximum Gasteiger partial charge on any atom is 0.265 e. The fraction of sp³-hybridized carbons (Fsp3) is 0.773. The van der Waals surface area contributed by atoms with E-state index in [1.54, 1.807) is 0 Å². The molecule has 1 fully saturated rings. The van der Waals surface area contributed by atoms with Gasteiger partial charge in [0, 0.05) is 6.08 Å². The molecule has 0 bridgehead atoms. The van der Waals surface area contributed by atoms with Crippen LogP contribution < -0.4 is 0 Å². The Balaban J connectivity index is 2.96. The quantitative estimate of drug-likeness (QED) is 0.369. The fourth-order valence-corrected chi connectivity index (χ4v) is 3.01. The van der Waals surface area contributed by atoms with E-state index >= 15 is 0 Å². The second-order valence-electron chi connectivity index (χ2n) is 8.10. The molecule has 0 aliphatic carbocycles. The van der Waals surface area contributed by atoms with Crippen LogP contribution in [0.4, 0.5) is 0 Å². The minimum Gasteiger partial charge on any atom is -0.455 e. The van der Waals surface area contributed by atoms with Gasteiger partial charge in [-0.25, -0.2) is 0 Å². The summed E-state index contributed by atoms with van der Waals surface area (Å²) in [6, 6.07) is 0. The largest absolute Gasteiger partial charge is 0.455 e. The first-order valence-corrected chi connectivity index (χ1v) is 9.95. The van der Waals surface area contributed by atoms with Crippen molar-refractivity contribution in [3.63, 3.8) is 0 Å². The molecule has 1 rings (SSSR count). The van der Waals surface area contributed by atoms with Crippen LogP contribution in [0.3, 0.4) is 0 Å². The Labute approximate surface area is 159 Å². The number of aliphatic hydroxyl groups is 1. The minimum absolute atomic E-state index is 0.514. The molecule has 26 heavy (non-hydrogen) atoms. The second-order valence-corrected chi connectivity index (χ2v) is 8.10. The van der Waals surface area contributed by atoms with E-state index < -0.39 is 17.5 Å². The van der Waals surface area contributed by atoms with Crippen molar-refractivity contribution in [2.24, 2.45) is 11.8 Å². The average molecular weight is 365 g/mol. The maximum absolute atomic E-state index is 11.0. The van der Waals surface area contributed by atoms with Crippen molar-refractivity contribution in [1.82, 2.24) is 0 Å². The number of allylic oxidation sites excluding steroid dienone is 1. The molecule has 0 aromatic rings. The number of aldehydes is 1. The van der Waals surface area contributed by atoms with Gasteiger partial charge in [-0.15, -0.1) is 0 Å². The summed E-state index contributed by atoms with van der Waals surface area (Å²) >= 11 is 0. The molecule has 1 saturated heterocycles. The molecule has 1 heterocycles. The van der Waals surface area contributed by atoms with Gasteiger partial charge >= 0.3 is 0 Å². The number of hydrogen-bond acceptors (Lipinski definition) is 4. The topological polar surface area (TPSA) is 55.8 Å². The van der Waals surface area contributed by atoms with E-state index in [4.69, 9.17) is 9.47 Å². The fourth-order valence-electron chi connectivity index (χ4n) is 3.01. The Kier molecular flexibility index (Phi) is 8.86. The molecular weight excluding hydrogens is 328 g/mol. The van der Waals surface area contributed by atoms with Gasteiger partial charge in [-0.1, -0.05) is 47.5 Å². The lowest BCUT2D eigenvalue weighted by Gasteiger charge is -2.26. The summed E-state index contributed by atoms with van der Waals surface area (Å²) in [6.07, 6.45) is 6.00. The smallest absolute Gasteiger partial charge is 0.265 e. The molecule has 0 amide bonds. The van der Waals surface area contributed by atoms with Crippen LogP contribution in [-0.4, -0.2) is 28.9 Å². The SMILES string of the molecule is CCC(O)(C#CC1O/C(=C/C=O)C(CC)(CCC(C)C)O1)CCC(C)C. The molecule has 3 unspecified atom stereocenters. The zero-order valence-corrected chi connectivity index (χ0v) is 17.3. The van der Waals surface area contributed by atoms with Crippen molar-refractivity contribution in [2.75, 3.05) is 0 Å². The van der Waals surface area contributed by atoms with E-state index in [1.807, 2.05) is 13.8 Å². The Morgan fingerprint density at radius 3 is 2.38 bits per heavy atom. The molecule has 0 radical (unpaired) electrons. The van der Waals surface area contributed by atoms with Crippen LogP contribution in [0.15, 0.2) is 11.8 Å². The molecular formula is C22H36O4. The third-order valence-corrected chi connectivity index (χ3v) is 5.07. The van der Waals surface area contributed by atoms with Gasteiger partial charge in [-0.05, 0) is 56.3 Å². The Bertz CT molecular complexity index is 540. The predicted molar refractivity (Wildman–Crippen MR) is 104 cm³/mol. The van der Waals surface area contributed by atoms with Crippen LogP contribution in [0, 0.1) is 23.7 Å². The standard InChI is InChI=1S/C22H36O4/c1-7-21(24,13-9-17(3)4)14-11-20-25-19(12-16-23)22(8-2,26-20)15-10-18(5)6/h12,16-18,20,24H,7-10,13,15H2,1-6H3/b19-12+. The normalized spacial score (nSPS) is 26.5. The lowest BCUT2D eigenvalue weighted by Crippen LogP contribution is -2.31. The van der Waals surface area contributed by atoms with Crippen molar-refractivity contribution in [1.29, 1.82) is 0 Å². The van der Waals surface area contributed by atoms with Crippen LogP contribution in [0.25, 0.3) is 0 Å². The number of hydrogen-bond donors (Lipinski definition) is 1. The van der Waals surface area contributed by atoms with Crippen LogP contribution in [0.1, 0.15) is 80.1 Å². The van der Waals surface area contributed by atoms with E-state index in [1.165, 1.54) is 6.08 Å². The number of ether oxygens (including phenoxy) is 2. The summed E-state index contributed by atoms with van der Waals surface area (Å²) < 4.78 is 12.0. The van der Waals surface area contributed by atoms with Crippen molar-refractivity contribution in [2.45, 2.75) is 97.6 Å². The summed E-state index contributed by atoms with van der Waals surface area (Å²) in [7, 11) is 0. The molecule has 0 aromatic carbocycles. The molecule has 0 aromatic heterocycles. The van der Waals surface area contributed by atoms with E-state index in [9.17, 15) is 9.90 Å². The van der Waals surface area contributed by atoms with E-state index in [0.717, 1.165) is 25.5 Å². The van der Waals surface area contributed by atoms with Crippen molar-refractivity contribution in [3.8, 4) is 11.8 Å². The van der Waals surface area contributed by atoms with Crippen molar-refractivity contribution in [3.05, 3.63) is 11.8 Å². The lowest BCUT2D eigenvalue weighted by molar-refractivity contribution is -0.104. The van der Waals surface area contributed by atoms with Crippen LogP contribution in [-0.2, 0) is 14.3 Å². The van der Waals surface area contributed by atoms with Crippen molar-refractivity contribution >= 4 is 6.29 Å².